The lowest BCUT2D eigenvalue weighted by Crippen LogP contribution is -2.18. The molecule has 0 aliphatic heterocycles. The summed E-state index contributed by atoms with van der Waals surface area (Å²) >= 11 is 12.0. The van der Waals surface area contributed by atoms with Gasteiger partial charge in [-0.3, -0.25) is 9.59 Å². The summed E-state index contributed by atoms with van der Waals surface area (Å²) in [4.78, 5) is 24.4. The smallest absolute Gasteiger partial charge is 0.271 e. The van der Waals surface area contributed by atoms with Crippen molar-refractivity contribution in [3.8, 4) is 0 Å². The quantitative estimate of drug-likeness (QED) is 0.457. The topological polar surface area (TPSA) is 70.6 Å². The molecule has 0 unspecified atom stereocenters. The minimum Gasteiger partial charge on any atom is -0.322 e. The SMILES string of the molecule is O=C(N/N=C\c1ccccc1Cl)c1ccc(NC(=O)c2ccccc2Cl)cc1. The summed E-state index contributed by atoms with van der Waals surface area (Å²) in [6, 6.07) is 20.3. The number of hydrazone groups is 1. The molecule has 28 heavy (non-hydrogen) atoms. The van der Waals surface area contributed by atoms with E-state index >= 15 is 0 Å². The summed E-state index contributed by atoms with van der Waals surface area (Å²) in [7, 11) is 0. The van der Waals surface area contributed by atoms with Gasteiger partial charge in [-0.15, -0.1) is 0 Å². The maximum atomic E-state index is 12.3. The fraction of sp³-hybridized carbons (Fsp3) is 0. The molecule has 2 N–H and O–H groups in total. The van der Waals surface area contributed by atoms with Gasteiger partial charge in [0.25, 0.3) is 11.8 Å². The molecule has 2 amide bonds. The third-order valence-electron chi connectivity index (χ3n) is 3.80. The number of hydrogen-bond acceptors (Lipinski definition) is 3. The lowest BCUT2D eigenvalue weighted by Gasteiger charge is -2.07. The summed E-state index contributed by atoms with van der Waals surface area (Å²) in [5.74, 6) is -0.709. The van der Waals surface area contributed by atoms with Crippen LogP contribution < -0.4 is 10.7 Å². The molecule has 0 saturated carbocycles. The zero-order chi connectivity index (χ0) is 19.9. The maximum Gasteiger partial charge on any atom is 0.271 e. The predicted octanol–water partition coefficient (Wildman–Crippen LogP) is 5.01. The van der Waals surface area contributed by atoms with Crippen LogP contribution >= 0.6 is 23.2 Å². The third kappa shape index (κ3) is 4.97. The number of carbonyl (C=O) groups is 2. The molecule has 140 valence electrons. The highest BCUT2D eigenvalue weighted by atomic mass is 35.5. The van der Waals surface area contributed by atoms with Crippen molar-refractivity contribution in [3.63, 3.8) is 0 Å². The van der Waals surface area contributed by atoms with Crippen LogP contribution in [-0.2, 0) is 0 Å². The van der Waals surface area contributed by atoms with E-state index in [0.717, 1.165) is 0 Å². The Kier molecular flexibility index (Phi) is 6.42. The zero-order valence-corrected chi connectivity index (χ0v) is 16.0. The van der Waals surface area contributed by atoms with Crippen molar-refractivity contribution in [3.05, 3.63) is 99.5 Å². The molecule has 0 saturated heterocycles. The number of benzene rings is 3. The molecule has 0 bridgehead atoms. The van der Waals surface area contributed by atoms with E-state index in [4.69, 9.17) is 23.2 Å². The normalized spacial score (nSPS) is 10.6. The van der Waals surface area contributed by atoms with Gasteiger partial charge in [0.2, 0.25) is 0 Å². The van der Waals surface area contributed by atoms with Gasteiger partial charge >= 0.3 is 0 Å². The van der Waals surface area contributed by atoms with Gasteiger partial charge in [0.1, 0.15) is 0 Å². The van der Waals surface area contributed by atoms with E-state index in [1.807, 2.05) is 12.1 Å². The van der Waals surface area contributed by atoms with Gasteiger partial charge in [0.05, 0.1) is 16.8 Å². The summed E-state index contributed by atoms with van der Waals surface area (Å²) in [5.41, 5.74) is 4.44. The van der Waals surface area contributed by atoms with Crippen LogP contribution in [0, 0.1) is 0 Å². The Morgan fingerprint density at radius 2 is 1.43 bits per heavy atom. The highest BCUT2D eigenvalue weighted by Gasteiger charge is 2.10. The molecule has 3 aromatic carbocycles. The van der Waals surface area contributed by atoms with Crippen LogP contribution in [0.5, 0.6) is 0 Å². The number of nitrogens with one attached hydrogen (secondary N) is 2. The van der Waals surface area contributed by atoms with Gasteiger partial charge < -0.3 is 5.32 Å². The van der Waals surface area contributed by atoms with Gasteiger partial charge in [-0.1, -0.05) is 53.5 Å². The number of amides is 2. The Labute approximate surface area is 172 Å². The Morgan fingerprint density at radius 1 is 0.786 bits per heavy atom. The van der Waals surface area contributed by atoms with Crippen molar-refractivity contribution in [2.24, 2.45) is 5.10 Å². The molecule has 0 aromatic heterocycles. The van der Waals surface area contributed by atoms with Crippen molar-refractivity contribution in [2.45, 2.75) is 0 Å². The molecule has 3 aromatic rings. The molecular formula is C21H15Cl2N3O2. The van der Waals surface area contributed by atoms with Crippen LogP contribution in [-0.4, -0.2) is 18.0 Å². The second-order valence-electron chi connectivity index (χ2n) is 5.73. The van der Waals surface area contributed by atoms with Crippen molar-refractivity contribution >= 4 is 46.9 Å². The minimum atomic E-state index is -0.382. The average Bonchev–Trinajstić information content (AvgIpc) is 2.70. The molecule has 5 nitrogen and oxygen atoms in total. The molecule has 3 rings (SSSR count). The lowest BCUT2D eigenvalue weighted by molar-refractivity contribution is 0.0954. The van der Waals surface area contributed by atoms with Gasteiger partial charge in [-0.25, -0.2) is 5.43 Å². The van der Waals surface area contributed by atoms with E-state index in [0.29, 0.717) is 32.4 Å². The van der Waals surface area contributed by atoms with Gasteiger partial charge in [-0.2, -0.15) is 5.10 Å². The highest BCUT2D eigenvalue weighted by molar-refractivity contribution is 6.34. The molecule has 0 radical (unpaired) electrons. The summed E-state index contributed by atoms with van der Waals surface area (Å²) in [6.45, 7) is 0. The van der Waals surface area contributed by atoms with E-state index in [-0.39, 0.29) is 11.8 Å². The largest absolute Gasteiger partial charge is 0.322 e. The molecule has 0 heterocycles. The van der Waals surface area contributed by atoms with E-state index < -0.39 is 0 Å². The second-order valence-corrected chi connectivity index (χ2v) is 6.55. The second kappa shape index (κ2) is 9.17. The number of rotatable bonds is 5. The first kappa shape index (κ1) is 19.6. The van der Waals surface area contributed by atoms with Crippen molar-refractivity contribution < 1.29 is 9.59 Å². The number of carbonyl (C=O) groups excluding carboxylic acids is 2. The number of anilines is 1. The van der Waals surface area contributed by atoms with Gasteiger partial charge in [-0.05, 0) is 42.5 Å². The Bertz CT molecular complexity index is 1030. The van der Waals surface area contributed by atoms with Gasteiger partial charge in [0.15, 0.2) is 0 Å². The molecule has 0 spiro atoms. The molecule has 0 fully saturated rings. The summed E-state index contributed by atoms with van der Waals surface area (Å²) in [6.07, 6.45) is 1.47. The maximum absolute atomic E-state index is 12.3. The summed E-state index contributed by atoms with van der Waals surface area (Å²) in [5, 5.41) is 7.55. The Balaban J connectivity index is 1.61. The third-order valence-corrected chi connectivity index (χ3v) is 4.47. The van der Waals surface area contributed by atoms with E-state index in [2.05, 4.69) is 15.8 Å². The van der Waals surface area contributed by atoms with Crippen molar-refractivity contribution in [1.29, 1.82) is 0 Å². The Hall–Kier alpha value is -3.15. The lowest BCUT2D eigenvalue weighted by atomic mass is 10.1. The van der Waals surface area contributed by atoms with E-state index in [9.17, 15) is 9.59 Å². The molecule has 0 atom stereocenters. The molecule has 7 heteroatoms. The highest BCUT2D eigenvalue weighted by Crippen LogP contribution is 2.17. The first-order valence-corrected chi connectivity index (χ1v) is 9.04. The molecular weight excluding hydrogens is 397 g/mol. The van der Waals surface area contributed by atoms with Crippen LogP contribution in [0.15, 0.2) is 77.9 Å². The average molecular weight is 412 g/mol. The molecule has 0 aliphatic rings. The number of halogens is 2. The first-order valence-electron chi connectivity index (χ1n) is 8.28. The Morgan fingerprint density at radius 3 is 2.11 bits per heavy atom. The standard InChI is InChI=1S/C21H15Cl2N3O2/c22-18-7-3-1-5-15(18)13-24-26-20(27)14-9-11-16(12-10-14)25-21(28)17-6-2-4-8-19(17)23/h1-13H,(H,25,28)(H,26,27)/b24-13-. The fourth-order valence-electron chi connectivity index (χ4n) is 2.35. The van der Waals surface area contributed by atoms with Crippen LogP contribution in [0.2, 0.25) is 10.0 Å². The zero-order valence-electron chi connectivity index (χ0n) is 14.5. The van der Waals surface area contributed by atoms with E-state index in [1.165, 1.54) is 6.21 Å². The minimum absolute atomic E-state index is 0.327. The monoisotopic (exact) mass is 411 g/mol. The van der Waals surface area contributed by atoms with Crippen molar-refractivity contribution in [1.82, 2.24) is 5.43 Å². The molecule has 0 aliphatic carbocycles. The van der Waals surface area contributed by atoms with Crippen LogP contribution in [0.4, 0.5) is 5.69 Å². The number of hydrogen-bond donors (Lipinski definition) is 2. The van der Waals surface area contributed by atoms with Crippen LogP contribution in [0.25, 0.3) is 0 Å². The first-order chi connectivity index (χ1) is 13.5. The van der Waals surface area contributed by atoms with Crippen LogP contribution in [0.3, 0.4) is 0 Å². The van der Waals surface area contributed by atoms with Crippen LogP contribution in [0.1, 0.15) is 26.3 Å². The fourth-order valence-corrected chi connectivity index (χ4v) is 2.76. The van der Waals surface area contributed by atoms with Crippen molar-refractivity contribution in [2.75, 3.05) is 5.32 Å². The van der Waals surface area contributed by atoms with Gasteiger partial charge in [0, 0.05) is 21.8 Å². The predicted molar refractivity (Wildman–Crippen MR) is 112 cm³/mol. The number of nitrogens with zero attached hydrogens (tertiary/aromatic N) is 1. The summed E-state index contributed by atoms with van der Waals surface area (Å²) < 4.78 is 0. The van der Waals surface area contributed by atoms with E-state index in [1.54, 1.807) is 60.7 Å².